The molecule has 2 aromatic rings. The van der Waals surface area contributed by atoms with Gasteiger partial charge in [0.15, 0.2) is 0 Å². The number of amides is 1. The number of hydrogen-bond acceptors (Lipinski definition) is 5. The minimum atomic E-state index is -0.0644. The summed E-state index contributed by atoms with van der Waals surface area (Å²) in [7, 11) is 1.75. The first-order chi connectivity index (χ1) is 12.1. The van der Waals surface area contributed by atoms with Crippen LogP contribution in [0.3, 0.4) is 0 Å². The maximum atomic E-state index is 12.5. The third-order valence-corrected chi connectivity index (χ3v) is 4.65. The smallest absolute Gasteiger partial charge is 0.225 e. The Kier molecular flexibility index (Phi) is 5.38. The van der Waals surface area contributed by atoms with Gasteiger partial charge in [0.05, 0.1) is 5.92 Å². The molecular weight excluding hydrogens is 338 g/mol. The minimum Gasteiger partial charge on any atom is -0.357 e. The second-order valence-electron chi connectivity index (χ2n) is 6.26. The van der Waals surface area contributed by atoms with Gasteiger partial charge in [-0.2, -0.15) is 4.98 Å². The van der Waals surface area contributed by atoms with Crippen molar-refractivity contribution in [1.29, 1.82) is 0 Å². The van der Waals surface area contributed by atoms with E-state index in [1.165, 1.54) is 0 Å². The Morgan fingerprint density at radius 1 is 1.32 bits per heavy atom. The van der Waals surface area contributed by atoms with Gasteiger partial charge in [-0.3, -0.25) is 4.79 Å². The third kappa shape index (κ3) is 4.20. The summed E-state index contributed by atoms with van der Waals surface area (Å²) in [4.78, 5) is 23.2. The number of nitrogens with zero attached hydrogens (tertiary/aromatic N) is 3. The van der Waals surface area contributed by atoms with Crippen molar-refractivity contribution < 1.29 is 4.79 Å². The van der Waals surface area contributed by atoms with Crippen molar-refractivity contribution >= 4 is 29.3 Å². The molecule has 132 valence electrons. The number of hydrogen-bond donors (Lipinski definition) is 2. The fraction of sp³-hybridized carbons (Fsp3) is 0.389. The first kappa shape index (κ1) is 17.5. The van der Waals surface area contributed by atoms with Gasteiger partial charge in [-0.05, 0) is 18.9 Å². The van der Waals surface area contributed by atoms with Crippen LogP contribution in [0.1, 0.15) is 18.9 Å². The lowest BCUT2D eigenvalue weighted by atomic mass is 10.1. The van der Waals surface area contributed by atoms with Gasteiger partial charge in [0.25, 0.3) is 0 Å². The monoisotopic (exact) mass is 359 g/mol. The lowest BCUT2D eigenvalue weighted by Gasteiger charge is -2.23. The van der Waals surface area contributed by atoms with Crippen LogP contribution in [0.2, 0.25) is 5.15 Å². The molecule has 2 atom stereocenters. The molecule has 1 saturated heterocycles. The lowest BCUT2D eigenvalue weighted by molar-refractivity contribution is -0.124. The van der Waals surface area contributed by atoms with E-state index in [4.69, 9.17) is 11.6 Å². The van der Waals surface area contributed by atoms with E-state index in [9.17, 15) is 4.79 Å². The van der Waals surface area contributed by atoms with Crippen LogP contribution in [0, 0.1) is 5.92 Å². The van der Waals surface area contributed by atoms with Crippen LogP contribution in [-0.4, -0.2) is 35.5 Å². The summed E-state index contributed by atoms with van der Waals surface area (Å²) in [5.74, 6) is 1.24. The molecule has 1 amide bonds. The summed E-state index contributed by atoms with van der Waals surface area (Å²) in [6, 6.07) is 11.9. The number of halogens is 1. The molecule has 0 bridgehead atoms. The van der Waals surface area contributed by atoms with E-state index in [0.717, 1.165) is 17.8 Å². The van der Waals surface area contributed by atoms with E-state index in [1.807, 2.05) is 30.3 Å². The molecule has 1 aliphatic heterocycles. The Bertz CT molecular complexity index is 740. The summed E-state index contributed by atoms with van der Waals surface area (Å²) < 4.78 is 0. The Morgan fingerprint density at radius 2 is 2.08 bits per heavy atom. The Labute approximate surface area is 152 Å². The molecule has 3 rings (SSSR count). The largest absolute Gasteiger partial charge is 0.357 e. The second kappa shape index (κ2) is 7.70. The average Bonchev–Trinajstić information content (AvgIpc) is 3.02. The molecule has 1 fully saturated rings. The van der Waals surface area contributed by atoms with Gasteiger partial charge in [-0.15, -0.1) is 0 Å². The number of anilines is 2. The van der Waals surface area contributed by atoms with Crippen LogP contribution in [0.25, 0.3) is 0 Å². The molecule has 1 aromatic carbocycles. The van der Waals surface area contributed by atoms with Crippen LogP contribution in [0.4, 0.5) is 11.8 Å². The lowest BCUT2D eigenvalue weighted by Crippen LogP contribution is -2.33. The van der Waals surface area contributed by atoms with Gasteiger partial charge in [0.2, 0.25) is 11.9 Å². The molecular formula is C18H22ClN5O. The summed E-state index contributed by atoms with van der Waals surface area (Å²) >= 11 is 6.07. The van der Waals surface area contributed by atoms with Crippen molar-refractivity contribution in [2.45, 2.75) is 25.9 Å². The molecule has 0 saturated carbocycles. The predicted octanol–water partition coefficient (Wildman–Crippen LogP) is 2.70. The van der Waals surface area contributed by atoms with Crippen LogP contribution >= 0.6 is 11.6 Å². The quantitative estimate of drug-likeness (QED) is 0.803. The highest BCUT2D eigenvalue weighted by Crippen LogP contribution is 2.29. The molecule has 25 heavy (non-hydrogen) atoms. The molecule has 2 heterocycles. The van der Waals surface area contributed by atoms with Gasteiger partial charge in [-0.25, -0.2) is 4.98 Å². The number of carbonyl (C=O) groups is 1. The minimum absolute atomic E-state index is 0.0644. The van der Waals surface area contributed by atoms with Gasteiger partial charge in [0.1, 0.15) is 11.0 Å². The van der Waals surface area contributed by atoms with Crippen molar-refractivity contribution in [1.82, 2.24) is 15.3 Å². The zero-order valence-electron chi connectivity index (χ0n) is 14.4. The van der Waals surface area contributed by atoms with Crippen molar-refractivity contribution in [2.24, 2.45) is 5.92 Å². The number of carbonyl (C=O) groups excluding carboxylic acids is 1. The maximum absolute atomic E-state index is 12.5. The van der Waals surface area contributed by atoms with Crippen LogP contribution in [0.15, 0.2) is 36.4 Å². The summed E-state index contributed by atoms with van der Waals surface area (Å²) in [6.07, 6.45) is 0.789. The van der Waals surface area contributed by atoms with Crippen molar-refractivity contribution in [2.75, 3.05) is 23.8 Å². The third-order valence-electron chi connectivity index (χ3n) is 4.45. The average molecular weight is 360 g/mol. The summed E-state index contributed by atoms with van der Waals surface area (Å²) in [6.45, 7) is 3.27. The van der Waals surface area contributed by atoms with Gasteiger partial charge < -0.3 is 15.5 Å². The normalized spacial score (nSPS) is 19.7. The highest BCUT2D eigenvalue weighted by Gasteiger charge is 2.34. The van der Waals surface area contributed by atoms with Crippen LogP contribution in [0.5, 0.6) is 0 Å². The zero-order valence-corrected chi connectivity index (χ0v) is 15.1. The van der Waals surface area contributed by atoms with E-state index >= 15 is 0 Å². The molecule has 2 N–H and O–H groups in total. The van der Waals surface area contributed by atoms with Crippen LogP contribution in [-0.2, 0) is 11.3 Å². The van der Waals surface area contributed by atoms with Crippen molar-refractivity contribution in [3.63, 3.8) is 0 Å². The maximum Gasteiger partial charge on any atom is 0.225 e. The molecule has 0 aliphatic carbocycles. The van der Waals surface area contributed by atoms with Crippen molar-refractivity contribution in [3.05, 3.63) is 47.1 Å². The van der Waals surface area contributed by atoms with E-state index in [0.29, 0.717) is 24.2 Å². The Balaban J connectivity index is 1.64. The number of aromatic nitrogens is 2. The molecule has 1 aliphatic rings. The fourth-order valence-corrected chi connectivity index (χ4v) is 3.31. The topological polar surface area (TPSA) is 70.2 Å². The first-order valence-corrected chi connectivity index (χ1v) is 8.75. The van der Waals surface area contributed by atoms with E-state index in [-0.39, 0.29) is 17.9 Å². The van der Waals surface area contributed by atoms with E-state index in [1.54, 1.807) is 13.1 Å². The van der Waals surface area contributed by atoms with E-state index in [2.05, 4.69) is 32.4 Å². The SMILES string of the molecule is CNc1nc(Cl)cc(N2CC(C(=O)NCc3ccccc3)CC2C)n1. The highest BCUT2D eigenvalue weighted by atomic mass is 35.5. The van der Waals surface area contributed by atoms with Gasteiger partial charge in [-0.1, -0.05) is 41.9 Å². The van der Waals surface area contributed by atoms with Gasteiger partial charge >= 0.3 is 0 Å². The van der Waals surface area contributed by atoms with Crippen molar-refractivity contribution in [3.8, 4) is 0 Å². The molecule has 1 aromatic heterocycles. The highest BCUT2D eigenvalue weighted by molar-refractivity contribution is 6.29. The molecule has 0 spiro atoms. The Morgan fingerprint density at radius 3 is 2.80 bits per heavy atom. The number of nitrogens with one attached hydrogen (secondary N) is 2. The first-order valence-electron chi connectivity index (χ1n) is 8.37. The van der Waals surface area contributed by atoms with Gasteiger partial charge in [0, 0.05) is 32.2 Å². The fourth-order valence-electron chi connectivity index (χ4n) is 3.13. The second-order valence-corrected chi connectivity index (χ2v) is 6.65. The Hall–Kier alpha value is -2.34. The van der Waals surface area contributed by atoms with E-state index < -0.39 is 0 Å². The number of rotatable bonds is 5. The molecule has 0 radical (unpaired) electrons. The summed E-state index contributed by atoms with van der Waals surface area (Å²) in [5.41, 5.74) is 1.10. The predicted molar refractivity (Wildman–Crippen MR) is 99.8 cm³/mol. The zero-order chi connectivity index (χ0) is 17.8. The van der Waals surface area contributed by atoms with Crippen LogP contribution < -0.4 is 15.5 Å². The standard InChI is InChI=1S/C18H22ClN5O/c1-12-8-14(17(25)21-10-13-6-4-3-5-7-13)11-24(12)16-9-15(19)22-18(20-2)23-16/h3-7,9,12,14H,8,10-11H2,1-2H3,(H,21,25)(H,20,22,23). The molecule has 6 nitrogen and oxygen atoms in total. The molecule has 7 heteroatoms. The summed E-state index contributed by atoms with van der Waals surface area (Å²) in [5, 5.41) is 6.32. The molecule has 2 unspecified atom stereocenters. The number of benzene rings is 1.